The van der Waals surface area contributed by atoms with Gasteiger partial charge in [-0.1, -0.05) is 12.8 Å². The molecule has 0 spiro atoms. The maximum Gasteiger partial charge on any atom is 0.347 e. The monoisotopic (exact) mass is 779 g/mol. The number of aliphatic hydroxyl groups is 1. The second-order valence-electron chi connectivity index (χ2n) is 13.0. The fourth-order valence-corrected chi connectivity index (χ4v) is 6.41. The van der Waals surface area contributed by atoms with Crippen molar-refractivity contribution in [2.24, 2.45) is 16.6 Å². The lowest BCUT2D eigenvalue weighted by Crippen LogP contribution is -2.53. The second kappa shape index (κ2) is 25.2. The van der Waals surface area contributed by atoms with Crippen LogP contribution in [0.5, 0.6) is 0 Å². The zero-order valence-electron chi connectivity index (χ0n) is 30.5. The van der Waals surface area contributed by atoms with E-state index in [1.54, 1.807) is 0 Å². The van der Waals surface area contributed by atoms with Crippen molar-refractivity contribution in [3.05, 3.63) is 0 Å². The Morgan fingerprint density at radius 1 is 0.906 bits per heavy atom. The van der Waals surface area contributed by atoms with Gasteiger partial charge in [-0.15, -0.1) is 0 Å². The Balaban J connectivity index is 1.05. The number of unbranched alkanes of at least 4 members (excludes halogenated alkanes) is 2. The summed E-state index contributed by atoms with van der Waals surface area (Å²) in [6.07, 6.45) is 1.92. The number of nitrogens with zero attached hydrogens (tertiary/aromatic N) is 2. The summed E-state index contributed by atoms with van der Waals surface area (Å²) in [5, 5.41) is 21.8. The molecule has 53 heavy (non-hydrogen) atoms. The summed E-state index contributed by atoms with van der Waals surface area (Å²) in [7, 11) is -3.29. The summed E-state index contributed by atoms with van der Waals surface area (Å²) in [6, 6.07) is -0.490. The van der Waals surface area contributed by atoms with Gasteiger partial charge >= 0.3 is 20.3 Å². The largest absolute Gasteiger partial charge is 0.387 e. The highest BCUT2D eigenvalue weighted by Gasteiger charge is 2.45. The number of carbonyl (C=O) groups is 4. The SMILES string of the molecule is C[C@@H]1NC(=O)N[C@@H]1CCCCCC(=O)NCCOCCOCCOCCOCCC(=O)NCCCC1CN([C@@H]2OCC(O[PH](=O)O)C2O)C(=O)N=C1N. The zero-order chi connectivity index (χ0) is 38.4. The van der Waals surface area contributed by atoms with Gasteiger partial charge in [-0.25, -0.2) is 9.59 Å². The summed E-state index contributed by atoms with van der Waals surface area (Å²) in [5.74, 6) is -0.329. The minimum Gasteiger partial charge on any atom is -0.387 e. The number of amidine groups is 1. The molecule has 0 radical (unpaired) electrons. The first-order chi connectivity index (χ1) is 25.5. The highest BCUT2D eigenvalue weighted by Crippen LogP contribution is 2.30. The van der Waals surface area contributed by atoms with Crippen LogP contribution in [-0.4, -0.2) is 154 Å². The summed E-state index contributed by atoms with van der Waals surface area (Å²) < 4.78 is 43.1. The smallest absolute Gasteiger partial charge is 0.347 e. The Morgan fingerprint density at radius 2 is 1.55 bits per heavy atom. The van der Waals surface area contributed by atoms with Gasteiger partial charge in [0.05, 0.1) is 65.5 Å². The molecule has 2 fully saturated rings. The Bertz CT molecular complexity index is 1200. The molecular formula is C32H58N7O13P. The van der Waals surface area contributed by atoms with Crippen LogP contribution in [0.4, 0.5) is 9.59 Å². The molecule has 21 heteroatoms. The molecule has 0 aromatic heterocycles. The van der Waals surface area contributed by atoms with Crippen molar-refractivity contribution in [2.75, 3.05) is 79.1 Å². The third-order valence-electron chi connectivity index (χ3n) is 8.88. The number of nitrogens with one attached hydrogen (secondary N) is 4. The number of urea groups is 2. The molecule has 7 atom stereocenters. The van der Waals surface area contributed by atoms with Crippen molar-refractivity contribution in [1.82, 2.24) is 26.2 Å². The first-order valence-electron chi connectivity index (χ1n) is 18.3. The van der Waals surface area contributed by atoms with Crippen LogP contribution in [0.25, 0.3) is 0 Å². The number of carbonyl (C=O) groups excluding carboxylic acids is 4. The number of hydrogen-bond donors (Lipinski definition) is 7. The fourth-order valence-electron chi connectivity index (χ4n) is 5.94. The van der Waals surface area contributed by atoms with Gasteiger partial charge in [0.15, 0.2) is 6.23 Å². The van der Waals surface area contributed by atoms with Crippen LogP contribution in [0, 0.1) is 5.92 Å². The molecule has 6 amide bonds. The maximum absolute atomic E-state index is 12.4. The molecule has 0 aliphatic carbocycles. The average Bonchev–Trinajstić information content (AvgIpc) is 3.63. The van der Waals surface area contributed by atoms with Crippen LogP contribution < -0.4 is 27.0 Å². The summed E-state index contributed by atoms with van der Waals surface area (Å²) in [6.45, 7) is 5.74. The van der Waals surface area contributed by atoms with E-state index in [9.17, 15) is 28.8 Å². The molecule has 3 heterocycles. The lowest BCUT2D eigenvalue weighted by Gasteiger charge is -2.35. The molecule has 4 unspecified atom stereocenters. The van der Waals surface area contributed by atoms with Crippen LogP contribution in [-0.2, 0) is 42.4 Å². The molecule has 0 aromatic rings. The Labute approximate surface area is 310 Å². The topological polar surface area (TPSA) is 271 Å². The second-order valence-corrected chi connectivity index (χ2v) is 13.7. The molecule has 0 saturated carbocycles. The van der Waals surface area contributed by atoms with Gasteiger partial charge in [0.1, 0.15) is 18.0 Å². The van der Waals surface area contributed by atoms with Gasteiger partial charge in [-0.2, -0.15) is 4.99 Å². The minimum absolute atomic E-state index is 0.00514. The number of ether oxygens (including phenoxy) is 5. The lowest BCUT2D eigenvalue weighted by molar-refractivity contribution is -0.122. The van der Waals surface area contributed by atoms with E-state index in [1.807, 2.05) is 6.92 Å². The van der Waals surface area contributed by atoms with E-state index in [1.165, 1.54) is 4.90 Å². The average molecular weight is 780 g/mol. The van der Waals surface area contributed by atoms with Crippen molar-refractivity contribution in [3.63, 3.8) is 0 Å². The maximum atomic E-state index is 12.4. The molecule has 3 aliphatic heterocycles. The third-order valence-corrected chi connectivity index (χ3v) is 9.38. The Hall–Kier alpha value is -2.94. The van der Waals surface area contributed by atoms with Crippen molar-refractivity contribution >= 4 is 38.0 Å². The van der Waals surface area contributed by atoms with Crippen LogP contribution in [0.15, 0.2) is 4.99 Å². The van der Waals surface area contributed by atoms with E-state index in [-0.39, 0.29) is 67.9 Å². The molecule has 8 N–H and O–H groups in total. The normalized spacial score (nSPS) is 24.8. The van der Waals surface area contributed by atoms with E-state index < -0.39 is 32.7 Å². The number of hydrogen-bond acceptors (Lipinski definition) is 13. The highest BCUT2D eigenvalue weighted by molar-refractivity contribution is 7.32. The van der Waals surface area contributed by atoms with Crippen molar-refractivity contribution in [2.45, 2.75) is 88.8 Å². The van der Waals surface area contributed by atoms with Gasteiger partial charge in [0.25, 0.3) is 0 Å². The third kappa shape index (κ3) is 17.4. The molecule has 3 rings (SSSR count). The fraction of sp³-hybridized carbons (Fsp3) is 0.844. The van der Waals surface area contributed by atoms with Crippen LogP contribution in [0.2, 0.25) is 0 Å². The predicted octanol–water partition coefficient (Wildman–Crippen LogP) is -0.631. The van der Waals surface area contributed by atoms with Crippen molar-refractivity contribution < 1.29 is 62.0 Å². The van der Waals surface area contributed by atoms with E-state index in [2.05, 4.69) is 26.3 Å². The highest BCUT2D eigenvalue weighted by atomic mass is 31.1. The van der Waals surface area contributed by atoms with Crippen LogP contribution in [0.1, 0.15) is 58.3 Å². The summed E-state index contributed by atoms with van der Waals surface area (Å²) >= 11 is 0. The number of aliphatic imine (C=N–C) groups is 1. The molecule has 0 bridgehead atoms. The van der Waals surface area contributed by atoms with Gasteiger partial charge in [0, 0.05) is 44.4 Å². The first kappa shape index (κ1) is 44.5. The van der Waals surface area contributed by atoms with Gasteiger partial charge in [-0.3, -0.25) is 19.1 Å². The Kier molecular flexibility index (Phi) is 21.1. The zero-order valence-corrected chi connectivity index (χ0v) is 31.5. The van der Waals surface area contributed by atoms with E-state index >= 15 is 0 Å². The lowest BCUT2D eigenvalue weighted by atomic mass is 9.99. The molecule has 3 aliphatic rings. The molecule has 2 saturated heterocycles. The molecule has 0 aromatic carbocycles. The van der Waals surface area contributed by atoms with Gasteiger partial charge in [-0.05, 0) is 32.6 Å². The van der Waals surface area contributed by atoms with Crippen LogP contribution >= 0.6 is 8.25 Å². The van der Waals surface area contributed by atoms with Crippen LogP contribution in [0.3, 0.4) is 0 Å². The van der Waals surface area contributed by atoms with E-state index in [4.69, 9.17) is 38.8 Å². The van der Waals surface area contributed by atoms with Crippen molar-refractivity contribution in [1.29, 1.82) is 0 Å². The van der Waals surface area contributed by atoms with Gasteiger partial charge in [0.2, 0.25) is 11.8 Å². The number of nitrogens with two attached hydrogens (primary N) is 1. The predicted molar refractivity (Wildman–Crippen MR) is 190 cm³/mol. The standard InChI is InChI=1S/C32H58N7O13P/c1-22-24(37-31(43)36-22)7-3-2-4-8-26(40)35-11-13-48-15-17-50-19-18-49-16-14-47-12-9-27(41)34-10-5-6-23-20-39(32(44)38-29(23)33)30-28(42)25(21-51-30)52-53(45)46/h22-25,28,30,42,53H,2-21H2,1H3,(H,34,41)(H,35,40)(H,45,46)(H2,33,38,44)(H2,36,37,43)/t22-,23?,24+,25?,28?,30+/m0/s1. The van der Waals surface area contributed by atoms with Gasteiger partial charge < -0.3 is 65.2 Å². The number of amides is 6. The molecule has 304 valence electrons. The summed E-state index contributed by atoms with van der Waals surface area (Å²) in [5.41, 5.74) is 5.97. The summed E-state index contributed by atoms with van der Waals surface area (Å²) in [4.78, 5) is 61.9. The van der Waals surface area contributed by atoms with E-state index in [0.29, 0.717) is 78.6 Å². The number of aliphatic hydroxyl groups excluding tert-OH is 1. The number of rotatable bonds is 28. The van der Waals surface area contributed by atoms with Crippen molar-refractivity contribution in [3.8, 4) is 0 Å². The minimum atomic E-state index is -3.29. The quantitative estimate of drug-likeness (QED) is 0.0385. The van der Waals surface area contributed by atoms with E-state index in [0.717, 1.165) is 25.7 Å². The first-order valence-corrected chi connectivity index (χ1v) is 19.6. The molecular weight excluding hydrogens is 721 g/mol. The molecule has 20 nitrogen and oxygen atoms in total. The Morgan fingerprint density at radius 3 is 2.21 bits per heavy atom.